The second kappa shape index (κ2) is 7.67. The predicted molar refractivity (Wildman–Crippen MR) is 108 cm³/mol. The van der Waals surface area contributed by atoms with E-state index in [0.29, 0.717) is 28.0 Å². The van der Waals surface area contributed by atoms with Crippen molar-refractivity contribution in [3.63, 3.8) is 0 Å². The van der Waals surface area contributed by atoms with Crippen molar-refractivity contribution < 1.29 is 9.90 Å². The number of fused-ring (bicyclic) bond motifs is 1. The summed E-state index contributed by atoms with van der Waals surface area (Å²) in [6.45, 7) is 0. The highest BCUT2D eigenvalue weighted by Gasteiger charge is 2.13. The van der Waals surface area contributed by atoms with Crippen molar-refractivity contribution in [2.45, 2.75) is 0 Å². The lowest BCUT2D eigenvalue weighted by Crippen LogP contribution is -2.18. The van der Waals surface area contributed by atoms with Gasteiger partial charge in [0.25, 0.3) is 5.91 Å². The third-order valence-corrected chi connectivity index (χ3v) is 4.14. The number of carbonyl (C=O) groups excluding carboxylic acids is 1. The molecule has 0 saturated carbocycles. The fraction of sp³-hybridized carbons (Fsp3) is 0. The first-order chi connectivity index (χ1) is 13.7. The van der Waals surface area contributed by atoms with Crippen molar-refractivity contribution in [2.24, 2.45) is 5.10 Å². The summed E-state index contributed by atoms with van der Waals surface area (Å²) >= 11 is 0. The number of nitrogens with one attached hydrogen (secondary N) is 1. The summed E-state index contributed by atoms with van der Waals surface area (Å²) < 4.78 is 0. The Morgan fingerprint density at radius 1 is 0.964 bits per heavy atom. The number of aromatic nitrogens is 2. The number of rotatable bonds is 4. The molecular formula is C22H16N4O2. The number of nitrogens with zero attached hydrogens (tertiary/aromatic N) is 3. The average Bonchev–Trinajstić information content (AvgIpc) is 2.73. The van der Waals surface area contributed by atoms with Gasteiger partial charge in [-0.05, 0) is 42.0 Å². The molecule has 6 heteroatoms. The maximum Gasteiger partial charge on any atom is 0.272 e. The van der Waals surface area contributed by atoms with Gasteiger partial charge in [0.1, 0.15) is 5.75 Å². The van der Waals surface area contributed by atoms with Gasteiger partial charge < -0.3 is 5.11 Å². The predicted octanol–water partition coefficient (Wildman–Crippen LogP) is 3.77. The van der Waals surface area contributed by atoms with Crippen LogP contribution in [0.25, 0.3) is 22.3 Å². The van der Waals surface area contributed by atoms with Crippen molar-refractivity contribution >= 4 is 23.0 Å². The highest BCUT2D eigenvalue weighted by Crippen LogP contribution is 2.23. The summed E-state index contributed by atoms with van der Waals surface area (Å²) in [6, 6.07) is 21.3. The average molecular weight is 368 g/mol. The lowest BCUT2D eigenvalue weighted by Gasteiger charge is -2.08. The molecule has 0 aliphatic carbocycles. The number of aromatic hydroxyl groups is 1. The summed E-state index contributed by atoms with van der Waals surface area (Å²) in [5.74, 6) is -0.220. The van der Waals surface area contributed by atoms with E-state index >= 15 is 0 Å². The number of phenolic OH excluding ortho intramolecular Hbond substituents is 1. The first-order valence-corrected chi connectivity index (χ1v) is 8.64. The van der Waals surface area contributed by atoms with Gasteiger partial charge in [0, 0.05) is 11.6 Å². The van der Waals surface area contributed by atoms with Crippen molar-refractivity contribution in [3.05, 3.63) is 90.1 Å². The molecule has 4 aromatic rings. The van der Waals surface area contributed by atoms with E-state index in [-0.39, 0.29) is 11.7 Å². The molecule has 0 atom stereocenters. The van der Waals surface area contributed by atoms with Crippen LogP contribution in [0.3, 0.4) is 0 Å². The fourth-order valence-corrected chi connectivity index (χ4v) is 2.84. The third-order valence-electron chi connectivity index (χ3n) is 4.14. The lowest BCUT2D eigenvalue weighted by molar-refractivity contribution is 0.0956. The maximum absolute atomic E-state index is 12.8. The van der Waals surface area contributed by atoms with E-state index in [4.69, 9.17) is 0 Å². The topological polar surface area (TPSA) is 87.5 Å². The highest BCUT2D eigenvalue weighted by molar-refractivity contribution is 6.07. The van der Waals surface area contributed by atoms with Crippen LogP contribution in [-0.4, -0.2) is 27.2 Å². The van der Waals surface area contributed by atoms with Gasteiger partial charge in [-0.3, -0.25) is 9.78 Å². The number of carbonyl (C=O) groups is 1. The molecule has 2 aromatic heterocycles. The van der Waals surface area contributed by atoms with E-state index in [1.165, 1.54) is 6.21 Å². The molecule has 0 bridgehead atoms. The lowest BCUT2D eigenvalue weighted by atomic mass is 10.1. The summed E-state index contributed by atoms with van der Waals surface area (Å²) in [4.78, 5) is 21.7. The van der Waals surface area contributed by atoms with Crippen LogP contribution in [0.4, 0.5) is 0 Å². The van der Waals surface area contributed by atoms with Gasteiger partial charge in [-0.25, -0.2) is 10.4 Å². The molecule has 2 aromatic carbocycles. The number of para-hydroxylation sites is 1. The fourth-order valence-electron chi connectivity index (χ4n) is 2.84. The van der Waals surface area contributed by atoms with E-state index in [1.807, 2.05) is 42.5 Å². The third kappa shape index (κ3) is 3.71. The number of hydrogen-bond acceptors (Lipinski definition) is 5. The van der Waals surface area contributed by atoms with Crippen LogP contribution < -0.4 is 5.43 Å². The largest absolute Gasteiger partial charge is 0.508 e. The van der Waals surface area contributed by atoms with Crippen LogP contribution in [0.2, 0.25) is 0 Å². The number of hydrazone groups is 1. The van der Waals surface area contributed by atoms with Crippen LogP contribution >= 0.6 is 0 Å². The number of phenols is 1. The summed E-state index contributed by atoms with van der Waals surface area (Å²) in [6.07, 6.45) is 3.16. The first-order valence-electron chi connectivity index (χ1n) is 8.64. The minimum Gasteiger partial charge on any atom is -0.508 e. The molecule has 2 heterocycles. The zero-order valence-electron chi connectivity index (χ0n) is 14.8. The van der Waals surface area contributed by atoms with Gasteiger partial charge in [-0.15, -0.1) is 0 Å². The SMILES string of the molecule is O=C(N/N=C\c1cccc(O)c1)c1cc(-c2ccccn2)nc2ccccc12. The Morgan fingerprint density at radius 2 is 1.82 bits per heavy atom. The number of hydrogen-bond donors (Lipinski definition) is 2. The standard InChI is InChI=1S/C22H16N4O2/c27-16-7-5-6-15(12-16)14-24-26-22(28)18-13-21(20-10-3-4-11-23-20)25-19-9-2-1-8-17(18)19/h1-14,27H,(H,26,28)/b24-14-. The highest BCUT2D eigenvalue weighted by atomic mass is 16.3. The van der Waals surface area contributed by atoms with Crippen molar-refractivity contribution in [1.29, 1.82) is 0 Å². The van der Waals surface area contributed by atoms with Crippen LogP contribution in [0.1, 0.15) is 15.9 Å². The van der Waals surface area contributed by atoms with Crippen LogP contribution in [0.5, 0.6) is 5.75 Å². The maximum atomic E-state index is 12.8. The Bertz CT molecular complexity index is 1170. The minimum atomic E-state index is -0.354. The summed E-state index contributed by atoms with van der Waals surface area (Å²) in [5, 5.41) is 14.2. The number of benzene rings is 2. The quantitative estimate of drug-likeness (QED) is 0.424. The molecule has 28 heavy (non-hydrogen) atoms. The second-order valence-electron chi connectivity index (χ2n) is 6.08. The summed E-state index contributed by atoms with van der Waals surface area (Å²) in [5.41, 5.74) is 5.67. The van der Waals surface area contributed by atoms with E-state index in [9.17, 15) is 9.90 Å². The Labute approximate surface area is 161 Å². The van der Waals surface area contributed by atoms with Gasteiger partial charge in [-0.2, -0.15) is 5.10 Å². The van der Waals surface area contributed by atoms with E-state index in [2.05, 4.69) is 20.5 Å². The molecule has 2 N–H and O–H groups in total. The minimum absolute atomic E-state index is 0.135. The zero-order chi connectivity index (χ0) is 19.3. The molecule has 0 aliphatic rings. The molecule has 136 valence electrons. The van der Waals surface area contributed by atoms with E-state index in [1.54, 1.807) is 36.5 Å². The molecule has 1 amide bonds. The van der Waals surface area contributed by atoms with E-state index < -0.39 is 0 Å². The molecule has 6 nitrogen and oxygen atoms in total. The molecule has 0 fully saturated rings. The van der Waals surface area contributed by atoms with E-state index in [0.717, 1.165) is 5.39 Å². The van der Waals surface area contributed by atoms with Crippen LogP contribution in [0.15, 0.2) is 84.1 Å². The van der Waals surface area contributed by atoms with Gasteiger partial charge in [-0.1, -0.05) is 36.4 Å². The first kappa shape index (κ1) is 17.4. The molecule has 4 rings (SSSR count). The second-order valence-corrected chi connectivity index (χ2v) is 6.08. The van der Waals surface area contributed by atoms with Crippen molar-refractivity contribution in [3.8, 4) is 17.1 Å². The van der Waals surface area contributed by atoms with Crippen LogP contribution in [-0.2, 0) is 0 Å². The monoisotopic (exact) mass is 368 g/mol. The Kier molecular flexibility index (Phi) is 4.76. The molecular weight excluding hydrogens is 352 g/mol. The van der Waals surface area contributed by atoms with Gasteiger partial charge >= 0.3 is 0 Å². The molecule has 0 unspecified atom stereocenters. The number of pyridine rings is 2. The molecule has 0 spiro atoms. The van der Waals surface area contributed by atoms with Gasteiger partial charge in [0.05, 0.1) is 28.7 Å². The Morgan fingerprint density at radius 3 is 2.64 bits per heavy atom. The molecule has 0 saturated heterocycles. The van der Waals surface area contributed by atoms with Crippen molar-refractivity contribution in [1.82, 2.24) is 15.4 Å². The smallest absolute Gasteiger partial charge is 0.272 e. The Hall–Kier alpha value is -4.06. The normalized spacial score (nSPS) is 11.0. The van der Waals surface area contributed by atoms with Gasteiger partial charge in [0.2, 0.25) is 0 Å². The summed E-state index contributed by atoms with van der Waals surface area (Å²) in [7, 11) is 0. The zero-order valence-corrected chi connectivity index (χ0v) is 14.8. The molecule has 0 aliphatic heterocycles. The van der Waals surface area contributed by atoms with Crippen molar-refractivity contribution in [2.75, 3.05) is 0 Å². The Balaban J connectivity index is 1.67. The number of amides is 1. The van der Waals surface area contributed by atoms with Gasteiger partial charge in [0.15, 0.2) is 0 Å². The van der Waals surface area contributed by atoms with Crippen LogP contribution in [0, 0.1) is 0 Å². The molecule has 0 radical (unpaired) electrons.